The number of anilines is 1. The highest BCUT2D eigenvalue weighted by Crippen LogP contribution is 2.40. The third-order valence-electron chi connectivity index (χ3n) is 5.44. The zero-order valence-corrected chi connectivity index (χ0v) is 17.2. The van der Waals surface area contributed by atoms with Crippen LogP contribution in [0.2, 0.25) is 0 Å². The number of hydrogen-bond donors (Lipinski definition) is 0. The molecule has 4 aromatic rings. The Hall–Kier alpha value is -4.33. The van der Waals surface area contributed by atoms with Gasteiger partial charge < -0.3 is 9.15 Å². The molecule has 8 nitrogen and oxygen atoms in total. The summed E-state index contributed by atoms with van der Waals surface area (Å²) < 4.78 is 10.7. The predicted octanol–water partition coefficient (Wildman–Crippen LogP) is 3.43. The van der Waals surface area contributed by atoms with E-state index >= 15 is 0 Å². The average Bonchev–Trinajstić information content (AvgIpc) is 3.12. The molecule has 32 heavy (non-hydrogen) atoms. The third kappa shape index (κ3) is 2.96. The molecule has 0 saturated carbocycles. The van der Waals surface area contributed by atoms with Crippen molar-refractivity contribution in [2.45, 2.75) is 13.0 Å². The molecule has 158 valence electrons. The van der Waals surface area contributed by atoms with E-state index < -0.39 is 17.9 Å². The number of aryl methyl sites for hydroxylation is 1. The van der Waals surface area contributed by atoms with Crippen molar-refractivity contribution in [3.05, 3.63) is 99.2 Å². The van der Waals surface area contributed by atoms with Crippen LogP contribution in [0.5, 0.6) is 0 Å². The van der Waals surface area contributed by atoms with Crippen molar-refractivity contribution in [1.82, 2.24) is 9.97 Å². The molecule has 5 rings (SSSR count). The van der Waals surface area contributed by atoms with Gasteiger partial charge in [-0.1, -0.05) is 23.8 Å². The van der Waals surface area contributed by atoms with Gasteiger partial charge in [0.1, 0.15) is 5.58 Å². The SMILES string of the molecule is COC(=O)c1ccc(C2c3c(oc4ccc(C)cc4c3=O)C(=O)N2c2ncccn2)cc1. The number of carbonyl (C=O) groups is 2. The van der Waals surface area contributed by atoms with Crippen molar-refractivity contribution in [2.75, 3.05) is 12.0 Å². The van der Waals surface area contributed by atoms with Gasteiger partial charge in [0.05, 0.1) is 29.7 Å². The normalized spacial score (nSPS) is 15.1. The summed E-state index contributed by atoms with van der Waals surface area (Å²) in [5, 5.41) is 0.392. The molecule has 0 radical (unpaired) electrons. The number of aromatic nitrogens is 2. The summed E-state index contributed by atoms with van der Waals surface area (Å²) in [6, 6.07) is 12.6. The quantitative estimate of drug-likeness (QED) is 0.462. The maximum Gasteiger partial charge on any atom is 0.337 e. The number of amides is 1. The fourth-order valence-corrected chi connectivity index (χ4v) is 3.94. The van der Waals surface area contributed by atoms with E-state index in [9.17, 15) is 14.4 Å². The molecule has 1 atom stereocenters. The number of nitrogens with zero attached hydrogens (tertiary/aromatic N) is 3. The molecular weight excluding hydrogens is 410 g/mol. The molecule has 0 saturated heterocycles. The Balaban J connectivity index is 1.76. The molecular formula is C24H17N3O5. The summed E-state index contributed by atoms with van der Waals surface area (Å²) in [5.41, 5.74) is 2.12. The van der Waals surface area contributed by atoms with Gasteiger partial charge in [-0.2, -0.15) is 0 Å². The minimum atomic E-state index is -0.812. The number of carbonyl (C=O) groups excluding carboxylic acids is 2. The maximum absolute atomic E-state index is 13.5. The van der Waals surface area contributed by atoms with E-state index in [4.69, 9.17) is 9.15 Å². The summed E-state index contributed by atoms with van der Waals surface area (Å²) in [7, 11) is 1.30. The van der Waals surface area contributed by atoms with Crippen LogP contribution in [0.4, 0.5) is 5.95 Å². The van der Waals surface area contributed by atoms with Crippen molar-refractivity contribution < 1.29 is 18.7 Å². The average molecular weight is 427 g/mol. The van der Waals surface area contributed by atoms with E-state index in [2.05, 4.69) is 9.97 Å². The lowest BCUT2D eigenvalue weighted by molar-refractivity contribution is 0.0600. The van der Waals surface area contributed by atoms with Crippen molar-refractivity contribution in [1.29, 1.82) is 0 Å². The smallest absolute Gasteiger partial charge is 0.337 e. The lowest BCUT2D eigenvalue weighted by Gasteiger charge is -2.23. The Morgan fingerprint density at radius 2 is 1.78 bits per heavy atom. The minimum absolute atomic E-state index is 0.0409. The number of hydrogen-bond acceptors (Lipinski definition) is 7. The largest absolute Gasteiger partial charge is 0.465 e. The first-order valence-electron chi connectivity index (χ1n) is 9.86. The topological polar surface area (TPSA) is 103 Å². The van der Waals surface area contributed by atoms with Crippen molar-refractivity contribution in [3.63, 3.8) is 0 Å². The van der Waals surface area contributed by atoms with E-state index in [1.54, 1.807) is 42.5 Å². The summed E-state index contributed by atoms with van der Waals surface area (Å²) >= 11 is 0. The fraction of sp³-hybridized carbons (Fsp3) is 0.125. The first kappa shape index (κ1) is 19.6. The van der Waals surface area contributed by atoms with Gasteiger partial charge in [0.2, 0.25) is 11.7 Å². The van der Waals surface area contributed by atoms with Gasteiger partial charge in [0.25, 0.3) is 5.91 Å². The molecule has 2 aromatic carbocycles. The highest BCUT2D eigenvalue weighted by atomic mass is 16.5. The first-order valence-corrected chi connectivity index (χ1v) is 9.86. The van der Waals surface area contributed by atoms with Gasteiger partial charge in [0, 0.05) is 12.4 Å². The molecule has 3 heterocycles. The van der Waals surface area contributed by atoms with Crippen LogP contribution in [0, 0.1) is 6.92 Å². The van der Waals surface area contributed by atoms with Crippen molar-refractivity contribution in [2.24, 2.45) is 0 Å². The van der Waals surface area contributed by atoms with E-state index in [1.807, 2.05) is 13.0 Å². The second-order valence-electron chi connectivity index (χ2n) is 7.41. The number of fused-ring (bicyclic) bond motifs is 2. The van der Waals surface area contributed by atoms with Crippen LogP contribution < -0.4 is 10.3 Å². The van der Waals surface area contributed by atoms with Gasteiger partial charge in [0.15, 0.2) is 5.43 Å². The Morgan fingerprint density at radius 3 is 2.47 bits per heavy atom. The Morgan fingerprint density at radius 1 is 1.06 bits per heavy atom. The van der Waals surface area contributed by atoms with Crippen LogP contribution >= 0.6 is 0 Å². The van der Waals surface area contributed by atoms with Crippen LogP contribution in [0.3, 0.4) is 0 Å². The minimum Gasteiger partial charge on any atom is -0.465 e. The zero-order valence-electron chi connectivity index (χ0n) is 17.2. The molecule has 0 spiro atoms. The van der Waals surface area contributed by atoms with Crippen LogP contribution in [0.1, 0.15) is 43.6 Å². The summed E-state index contributed by atoms with van der Waals surface area (Å²) in [5.74, 6) is -0.886. The summed E-state index contributed by atoms with van der Waals surface area (Å²) in [4.78, 5) is 48.6. The van der Waals surface area contributed by atoms with Crippen molar-refractivity contribution in [3.8, 4) is 0 Å². The summed E-state index contributed by atoms with van der Waals surface area (Å²) in [6.07, 6.45) is 3.04. The lowest BCUT2D eigenvalue weighted by atomic mass is 9.97. The van der Waals surface area contributed by atoms with Gasteiger partial charge in [-0.05, 0) is 42.8 Å². The Bertz CT molecular complexity index is 1430. The molecule has 1 unspecified atom stereocenters. The highest BCUT2D eigenvalue weighted by molar-refractivity contribution is 6.09. The number of esters is 1. The number of ether oxygens (including phenoxy) is 1. The molecule has 1 amide bonds. The van der Waals surface area contributed by atoms with Crippen LogP contribution in [0.25, 0.3) is 11.0 Å². The number of benzene rings is 2. The van der Waals surface area contributed by atoms with Crippen LogP contribution in [0.15, 0.2) is 70.1 Å². The molecule has 0 bridgehead atoms. The van der Waals surface area contributed by atoms with Gasteiger partial charge in [-0.25, -0.2) is 14.8 Å². The van der Waals surface area contributed by atoms with Crippen LogP contribution in [-0.4, -0.2) is 29.0 Å². The van der Waals surface area contributed by atoms with Crippen LogP contribution in [-0.2, 0) is 4.74 Å². The first-order chi connectivity index (χ1) is 15.5. The molecule has 0 fully saturated rings. The van der Waals surface area contributed by atoms with E-state index in [-0.39, 0.29) is 22.7 Å². The van der Waals surface area contributed by atoms with E-state index in [1.165, 1.54) is 24.4 Å². The van der Waals surface area contributed by atoms with Gasteiger partial charge >= 0.3 is 5.97 Å². The van der Waals surface area contributed by atoms with Crippen molar-refractivity contribution >= 4 is 28.8 Å². The van der Waals surface area contributed by atoms with Gasteiger partial charge in [-0.15, -0.1) is 0 Å². The maximum atomic E-state index is 13.5. The zero-order chi connectivity index (χ0) is 22.4. The Labute approximate surface area is 182 Å². The standard InChI is InChI=1S/C24H17N3O5/c1-13-4-9-17-16(12-13)20(28)18-19(14-5-7-15(8-6-14)23(30)31-2)27(22(29)21(18)32-17)24-25-10-3-11-26-24/h3-12,19H,1-2H3. The number of methoxy groups -OCH3 is 1. The molecule has 1 aliphatic heterocycles. The second-order valence-corrected chi connectivity index (χ2v) is 7.41. The Kier molecular flexibility index (Phi) is 4.55. The molecule has 0 N–H and O–H groups in total. The van der Waals surface area contributed by atoms with Gasteiger partial charge in [-0.3, -0.25) is 14.5 Å². The fourth-order valence-electron chi connectivity index (χ4n) is 3.94. The highest BCUT2D eigenvalue weighted by Gasteiger charge is 2.44. The predicted molar refractivity (Wildman–Crippen MR) is 116 cm³/mol. The van der Waals surface area contributed by atoms with E-state index in [0.29, 0.717) is 22.1 Å². The molecule has 2 aromatic heterocycles. The molecule has 0 aliphatic carbocycles. The lowest BCUT2D eigenvalue weighted by Crippen LogP contribution is -2.31. The van der Waals surface area contributed by atoms with E-state index in [0.717, 1.165) is 5.56 Å². The monoisotopic (exact) mass is 427 g/mol. The molecule has 1 aliphatic rings. The number of rotatable bonds is 3. The summed E-state index contributed by atoms with van der Waals surface area (Å²) in [6.45, 7) is 1.88. The second kappa shape index (κ2) is 7.42. The molecule has 8 heteroatoms. The third-order valence-corrected chi connectivity index (χ3v) is 5.44.